The number of para-hydroxylation sites is 2. The van der Waals surface area contributed by atoms with Crippen molar-refractivity contribution in [2.75, 3.05) is 0 Å². The monoisotopic (exact) mass is 259 g/mol. The summed E-state index contributed by atoms with van der Waals surface area (Å²) in [4.78, 5) is 17.5. The number of rotatable bonds is 2. The van der Waals surface area contributed by atoms with Gasteiger partial charge < -0.3 is 0 Å². The molecule has 3 rings (SSSR count). The fourth-order valence-corrected chi connectivity index (χ4v) is 2.93. The zero-order valence-electron chi connectivity index (χ0n) is 10.3. The third-order valence-electron chi connectivity index (χ3n) is 3.03. The van der Waals surface area contributed by atoms with Gasteiger partial charge in [0.05, 0.1) is 22.6 Å². The predicted octanol–water partition coefficient (Wildman–Crippen LogP) is 2.15. The number of aromatic nitrogens is 3. The van der Waals surface area contributed by atoms with Gasteiger partial charge in [0, 0.05) is 18.1 Å². The minimum Gasteiger partial charge on any atom is -0.295 e. The van der Waals surface area contributed by atoms with Crippen LogP contribution >= 0.6 is 11.3 Å². The maximum atomic E-state index is 12.2. The minimum absolute atomic E-state index is 0.0160. The fraction of sp³-hybridized carbons (Fsp3) is 0.231. The van der Waals surface area contributed by atoms with Crippen LogP contribution in [0.4, 0.5) is 0 Å². The summed E-state index contributed by atoms with van der Waals surface area (Å²) in [6.07, 6.45) is 1.84. The number of thiazole rings is 1. The topological polar surface area (TPSA) is 39.8 Å². The molecule has 0 amide bonds. The fourth-order valence-electron chi connectivity index (χ4n) is 2.15. The van der Waals surface area contributed by atoms with E-state index >= 15 is 0 Å². The van der Waals surface area contributed by atoms with Crippen molar-refractivity contribution in [3.8, 4) is 0 Å². The molecule has 2 heterocycles. The van der Waals surface area contributed by atoms with E-state index < -0.39 is 0 Å². The van der Waals surface area contributed by atoms with Gasteiger partial charge in [-0.25, -0.2) is 9.78 Å². The first kappa shape index (κ1) is 11.2. The summed E-state index contributed by atoms with van der Waals surface area (Å²) in [6.45, 7) is 2.56. The molecule has 1 aromatic carbocycles. The van der Waals surface area contributed by atoms with Crippen molar-refractivity contribution in [1.29, 1.82) is 0 Å². The molecular formula is C13H13N3OS. The summed E-state index contributed by atoms with van der Waals surface area (Å²) in [5.74, 6) is 0. The lowest BCUT2D eigenvalue weighted by molar-refractivity contribution is 0.742. The Kier molecular flexibility index (Phi) is 2.56. The van der Waals surface area contributed by atoms with Crippen molar-refractivity contribution in [3.63, 3.8) is 0 Å². The SMILES string of the molecule is Cc1ncc(Cn2c(=O)n(C)c3ccccc32)s1. The molecule has 18 heavy (non-hydrogen) atoms. The highest BCUT2D eigenvalue weighted by Crippen LogP contribution is 2.16. The number of hydrogen-bond acceptors (Lipinski definition) is 3. The molecule has 0 aliphatic carbocycles. The molecule has 0 saturated heterocycles. The average molecular weight is 259 g/mol. The Morgan fingerprint density at radius 2 is 2.00 bits per heavy atom. The predicted molar refractivity (Wildman–Crippen MR) is 73.1 cm³/mol. The molecule has 0 spiro atoms. The molecule has 0 fully saturated rings. The Balaban J connectivity index is 2.17. The van der Waals surface area contributed by atoms with Gasteiger partial charge in [-0.05, 0) is 19.1 Å². The summed E-state index contributed by atoms with van der Waals surface area (Å²) in [5, 5.41) is 1.03. The molecule has 0 N–H and O–H groups in total. The van der Waals surface area contributed by atoms with Gasteiger partial charge in [-0.15, -0.1) is 11.3 Å². The van der Waals surface area contributed by atoms with E-state index in [1.807, 2.05) is 37.4 Å². The molecule has 2 aromatic heterocycles. The van der Waals surface area contributed by atoms with Gasteiger partial charge in [-0.1, -0.05) is 12.1 Å². The van der Waals surface area contributed by atoms with Crippen molar-refractivity contribution in [1.82, 2.24) is 14.1 Å². The molecule has 0 atom stereocenters. The van der Waals surface area contributed by atoms with Crippen molar-refractivity contribution < 1.29 is 0 Å². The number of hydrogen-bond donors (Lipinski definition) is 0. The third kappa shape index (κ3) is 1.67. The highest BCUT2D eigenvalue weighted by Gasteiger charge is 2.11. The Morgan fingerprint density at radius 1 is 1.28 bits per heavy atom. The molecule has 0 unspecified atom stereocenters. The summed E-state index contributed by atoms with van der Waals surface area (Å²) in [5.41, 5.74) is 1.95. The number of fused-ring (bicyclic) bond motifs is 1. The summed E-state index contributed by atoms with van der Waals surface area (Å²) >= 11 is 1.63. The van der Waals surface area contributed by atoms with Gasteiger partial charge in [0.25, 0.3) is 0 Å². The largest absolute Gasteiger partial charge is 0.329 e. The number of benzene rings is 1. The molecule has 0 bridgehead atoms. The first-order valence-electron chi connectivity index (χ1n) is 5.72. The molecule has 3 aromatic rings. The van der Waals surface area contributed by atoms with Gasteiger partial charge in [0.2, 0.25) is 0 Å². The average Bonchev–Trinajstić information content (AvgIpc) is 2.88. The molecular weight excluding hydrogens is 246 g/mol. The van der Waals surface area contributed by atoms with E-state index in [0.717, 1.165) is 20.9 Å². The zero-order valence-corrected chi connectivity index (χ0v) is 11.1. The molecule has 0 saturated carbocycles. The van der Waals surface area contributed by atoms with Gasteiger partial charge in [0.15, 0.2) is 0 Å². The summed E-state index contributed by atoms with van der Waals surface area (Å²) < 4.78 is 3.48. The van der Waals surface area contributed by atoms with Gasteiger partial charge in [-0.3, -0.25) is 9.13 Å². The van der Waals surface area contributed by atoms with Crippen LogP contribution in [0.2, 0.25) is 0 Å². The second kappa shape index (κ2) is 4.10. The van der Waals surface area contributed by atoms with Crippen LogP contribution in [0.15, 0.2) is 35.3 Å². The molecule has 0 aliphatic rings. The third-order valence-corrected chi connectivity index (χ3v) is 3.93. The van der Waals surface area contributed by atoms with E-state index in [9.17, 15) is 4.79 Å². The van der Waals surface area contributed by atoms with Crippen molar-refractivity contribution in [2.24, 2.45) is 7.05 Å². The molecule has 4 nitrogen and oxygen atoms in total. The number of imidazole rings is 1. The van der Waals surface area contributed by atoms with Crippen molar-refractivity contribution in [3.05, 3.63) is 50.8 Å². The molecule has 0 radical (unpaired) electrons. The lowest BCUT2D eigenvalue weighted by Crippen LogP contribution is -2.22. The Labute approximate surface area is 108 Å². The van der Waals surface area contributed by atoms with E-state index in [1.165, 1.54) is 0 Å². The molecule has 92 valence electrons. The Hall–Kier alpha value is -1.88. The smallest absolute Gasteiger partial charge is 0.295 e. The van der Waals surface area contributed by atoms with E-state index in [4.69, 9.17) is 0 Å². The van der Waals surface area contributed by atoms with E-state index in [0.29, 0.717) is 6.54 Å². The van der Waals surface area contributed by atoms with Crippen LogP contribution in [-0.4, -0.2) is 14.1 Å². The highest BCUT2D eigenvalue weighted by atomic mass is 32.1. The number of aryl methyl sites for hydroxylation is 2. The molecule has 0 aliphatic heterocycles. The first-order chi connectivity index (χ1) is 8.66. The minimum atomic E-state index is 0.0160. The first-order valence-corrected chi connectivity index (χ1v) is 6.54. The maximum absolute atomic E-state index is 12.2. The molecule has 5 heteroatoms. The van der Waals surface area contributed by atoms with Crippen LogP contribution in [0.5, 0.6) is 0 Å². The lowest BCUT2D eigenvalue weighted by atomic mass is 10.3. The Morgan fingerprint density at radius 3 is 2.67 bits per heavy atom. The van der Waals surface area contributed by atoms with E-state index in [2.05, 4.69) is 4.98 Å². The maximum Gasteiger partial charge on any atom is 0.329 e. The van der Waals surface area contributed by atoms with Crippen LogP contribution in [0.3, 0.4) is 0 Å². The number of nitrogens with zero attached hydrogens (tertiary/aromatic N) is 3. The van der Waals surface area contributed by atoms with Crippen LogP contribution in [0.25, 0.3) is 11.0 Å². The van der Waals surface area contributed by atoms with Crippen molar-refractivity contribution in [2.45, 2.75) is 13.5 Å². The quantitative estimate of drug-likeness (QED) is 0.707. The zero-order chi connectivity index (χ0) is 12.7. The van der Waals surface area contributed by atoms with Crippen LogP contribution in [-0.2, 0) is 13.6 Å². The lowest BCUT2D eigenvalue weighted by Gasteiger charge is -1.99. The Bertz CT molecular complexity index is 766. The van der Waals surface area contributed by atoms with Crippen LogP contribution in [0.1, 0.15) is 9.88 Å². The van der Waals surface area contributed by atoms with Crippen LogP contribution in [0, 0.1) is 6.92 Å². The standard InChI is InChI=1S/C13H13N3OS/c1-9-14-7-10(18-9)8-16-12-6-4-3-5-11(12)15(2)13(16)17/h3-7H,8H2,1-2H3. The summed E-state index contributed by atoms with van der Waals surface area (Å²) in [7, 11) is 1.80. The van der Waals surface area contributed by atoms with Gasteiger partial charge in [0.1, 0.15) is 0 Å². The van der Waals surface area contributed by atoms with Gasteiger partial charge in [-0.2, -0.15) is 0 Å². The second-order valence-electron chi connectivity index (χ2n) is 4.26. The summed E-state index contributed by atoms with van der Waals surface area (Å²) in [6, 6.07) is 7.84. The highest BCUT2D eigenvalue weighted by molar-refractivity contribution is 7.11. The second-order valence-corrected chi connectivity index (χ2v) is 5.58. The van der Waals surface area contributed by atoms with E-state index in [-0.39, 0.29) is 5.69 Å². The van der Waals surface area contributed by atoms with E-state index in [1.54, 1.807) is 27.5 Å². The normalized spacial score (nSPS) is 11.2. The van der Waals surface area contributed by atoms with Crippen molar-refractivity contribution >= 4 is 22.4 Å². The van der Waals surface area contributed by atoms with Crippen LogP contribution < -0.4 is 5.69 Å². The van der Waals surface area contributed by atoms with Gasteiger partial charge >= 0.3 is 5.69 Å².